The molecular formula is C13H14N4O3S. The van der Waals surface area contributed by atoms with Crippen molar-refractivity contribution < 1.29 is 9.34 Å². The highest BCUT2D eigenvalue weighted by Gasteiger charge is 2.25. The number of aromatic nitrogens is 2. The standard InChI is InChI=1S/C13H14N4O3S/c1-7-6-10(9(3)20-7)8(2)14-11-12(17(18)19)16-4-5-21-13(16)15-11/h4-6,8,14H,1-3H3. The molecule has 3 aromatic rings. The number of thiazole rings is 1. The van der Waals surface area contributed by atoms with E-state index in [4.69, 9.17) is 4.42 Å². The maximum atomic E-state index is 11.3. The molecule has 3 rings (SSSR count). The Morgan fingerprint density at radius 1 is 1.52 bits per heavy atom. The van der Waals surface area contributed by atoms with Crippen LogP contribution < -0.4 is 5.32 Å². The summed E-state index contributed by atoms with van der Waals surface area (Å²) in [7, 11) is 0. The molecule has 0 aliphatic carbocycles. The second-order valence-corrected chi connectivity index (χ2v) is 5.70. The van der Waals surface area contributed by atoms with E-state index < -0.39 is 4.92 Å². The number of fused-ring (bicyclic) bond motifs is 1. The number of rotatable bonds is 4. The molecule has 0 spiro atoms. The minimum absolute atomic E-state index is 0.0454. The molecule has 0 aliphatic heterocycles. The van der Waals surface area contributed by atoms with Crippen molar-refractivity contribution in [2.45, 2.75) is 26.8 Å². The lowest BCUT2D eigenvalue weighted by Crippen LogP contribution is -2.09. The first kappa shape index (κ1) is 13.6. The summed E-state index contributed by atoms with van der Waals surface area (Å²) >= 11 is 1.36. The number of nitro groups is 1. The lowest BCUT2D eigenvalue weighted by atomic mass is 10.1. The third-order valence-electron chi connectivity index (χ3n) is 3.31. The summed E-state index contributed by atoms with van der Waals surface area (Å²) in [5.41, 5.74) is 0.971. The molecule has 0 saturated carbocycles. The number of hydrogen-bond acceptors (Lipinski definition) is 6. The van der Waals surface area contributed by atoms with Crippen molar-refractivity contribution in [2.75, 3.05) is 5.32 Å². The summed E-state index contributed by atoms with van der Waals surface area (Å²) in [5, 5.41) is 16.2. The van der Waals surface area contributed by atoms with Crippen LogP contribution in [0.1, 0.15) is 30.0 Å². The molecule has 3 heterocycles. The summed E-state index contributed by atoms with van der Waals surface area (Å²) in [6.07, 6.45) is 1.65. The van der Waals surface area contributed by atoms with Gasteiger partial charge in [0, 0.05) is 10.9 Å². The highest BCUT2D eigenvalue weighted by Crippen LogP contribution is 2.32. The second kappa shape index (κ2) is 4.88. The van der Waals surface area contributed by atoms with Gasteiger partial charge in [0.15, 0.2) is 0 Å². The van der Waals surface area contributed by atoms with E-state index in [1.54, 1.807) is 11.6 Å². The Hall–Kier alpha value is -2.35. The van der Waals surface area contributed by atoms with Crippen LogP contribution in [0.5, 0.6) is 0 Å². The van der Waals surface area contributed by atoms with E-state index in [-0.39, 0.29) is 17.7 Å². The Bertz CT molecular complexity index is 817. The fourth-order valence-electron chi connectivity index (χ4n) is 2.41. The van der Waals surface area contributed by atoms with Crippen molar-refractivity contribution in [3.8, 4) is 0 Å². The molecule has 3 aromatic heterocycles. The van der Waals surface area contributed by atoms with E-state index in [0.717, 1.165) is 17.1 Å². The summed E-state index contributed by atoms with van der Waals surface area (Å²) in [5.74, 6) is 1.85. The minimum atomic E-state index is -0.421. The predicted molar refractivity (Wildman–Crippen MR) is 79.9 cm³/mol. The molecule has 0 bridgehead atoms. The van der Waals surface area contributed by atoms with Crippen molar-refractivity contribution in [3.63, 3.8) is 0 Å². The Kier molecular flexibility index (Phi) is 3.17. The van der Waals surface area contributed by atoms with Gasteiger partial charge in [-0.2, -0.15) is 9.38 Å². The smallest absolute Gasteiger partial charge is 0.372 e. The van der Waals surface area contributed by atoms with Gasteiger partial charge in [0.05, 0.1) is 6.04 Å². The zero-order chi connectivity index (χ0) is 15.1. The number of aryl methyl sites for hydroxylation is 2. The zero-order valence-corrected chi connectivity index (χ0v) is 12.6. The molecule has 0 aromatic carbocycles. The fourth-order valence-corrected chi connectivity index (χ4v) is 3.12. The van der Waals surface area contributed by atoms with Crippen molar-refractivity contribution in [2.24, 2.45) is 0 Å². The molecule has 21 heavy (non-hydrogen) atoms. The van der Waals surface area contributed by atoms with Crippen LogP contribution in [0.2, 0.25) is 0 Å². The summed E-state index contributed by atoms with van der Waals surface area (Å²) in [6, 6.07) is 1.79. The second-order valence-electron chi connectivity index (χ2n) is 4.83. The number of nitrogens with one attached hydrogen (secondary N) is 1. The summed E-state index contributed by atoms with van der Waals surface area (Å²) in [4.78, 5) is 15.7. The number of nitrogens with zero attached hydrogens (tertiary/aromatic N) is 3. The largest absolute Gasteiger partial charge is 0.466 e. The van der Waals surface area contributed by atoms with Crippen LogP contribution in [-0.2, 0) is 0 Å². The van der Waals surface area contributed by atoms with Crippen LogP contribution in [0, 0.1) is 24.0 Å². The molecule has 7 nitrogen and oxygen atoms in total. The molecule has 1 atom stereocenters. The first-order valence-electron chi connectivity index (χ1n) is 6.40. The van der Waals surface area contributed by atoms with Crippen LogP contribution in [-0.4, -0.2) is 14.3 Å². The van der Waals surface area contributed by atoms with E-state index in [2.05, 4.69) is 10.3 Å². The van der Waals surface area contributed by atoms with Gasteiger partial charge in [-0.25, -0.2) is 0 Å². The van der Waals surface area contributed by atoms with Gasteiger partial charge in [0.25, 0.3) is 4.96 Å². The third kappa shape index (κ3) is 2.27. The van der Waals surface area contributed by atoms with E-state index in [0.29, 0.717) is 4.96 Å². The maximum Gasteiger partial charge on any atom is 0.372 e. The van der Waals surface area contributed by atoms with Crippen LogP contribution in [0.15, 0.2) is 22.1 Å². The first-order chi connectivity index (χ1) is 9.97. The normalized spacial score (nSPS) is 12.7. The van der Waals surface area contributed by atoms with Crippen LogP contribution in [0.25, 0.3) is 4.96 Å². The number of imidazole rings is 1. The van der Waals surface area contributed by atoms with Gasteiger partial charge in [-0.1, -0.05) is 11.3 Å². The van der Waals surface area contributed by atoms with Crippen LogP contribution in [0.4, 0.5) is 11.6 Å². The zero-order valence-electron chi connectivity index (χ0n) is 11.8. The Balaban J connectivity index is 1.97. The van der Waals surface area contributed by atoms with Crippen molar-refractivity contribution >= 4 is 27.9 Å². The maximum absolute atomic E-state index is 11.3. The number of anilines is 1. The van der Waals surface area contributed by atoms with Crippen molar-refractivity contribution in [1.82, 2.24) is 9.38 Å². The van der Waals surface area contributed by atoms with Gasteiger partial charge in [-0.3, -0.25) is 0 Å². The van der Waals surface area contributed by atoms with Gasteiger partial charge in [0.1, 0.15) is 17.7 Å². The number of furan rings is 1. The average molecular weight is 306 g/mol. The molecule has 1 N–H and O–H groups in total. The van der Waals surface area contributed by atoms with E-state index in [9.17, 15) is 10.1 Å². The topological polar surface area (TPSA) is 85.6 Å². The molecule has 0 radical (unpaired) electrons. The van der Waals surface area contributed by atoms with Crippen LogP contribution >= 0.6 is 11.3 Å². The molecule has 0 aliphatic rings. The first-order valence-corrected chi connectivity index (χ1v) is 7.28. The number of hydrogen-bond donors (Lipinski definition) is 1. The molecule has 1 unspecified atom stereocenters. The molecule has 110 valence electrons. The molecular weight excluding hydrogens is 292 g/mol. The van der Waals surface area contributed by atoms with Gasteiger partial charge < -0.3 is 19.8 Å². The van der Waals surface area contributed by atoms with E-state index in [1.807, 2.05) is 26.8 Å². The van der Waals surface area contributed by atoms with Crippen LogP contribution in [0.3, 0.4) is 0 Å². The Morgan fingerprint density at radius 3 is 2.90 bits per heavy atom. The summed E-state index contributed by atoms with van der Waals surface area (Å²) in [6.45, 7) is 5.67. The summed E-state index contributed by atoms with van der Waals surface area (Å²) < 4.78 is 6.98. The molecule has 8 heteroatoms. The van der Waals surface area contributed by atoms with Crippen molar-refractivity contribution in [1.29, 1.82) is 0 Å². The van der Waals surface area contributed by atoms with Gasteiger partial charge in [-0.05, 0) is 31.8 Å². The molecule has 0 saturated heterocycles. The van der Waals surface area contributed by atoms with E-state index in [1.165, 1.54) is 15.7 Å². The van der Waals surface area contributed by atoms with E-state index >= 15 is 0 Å². The average Bonchev–Trinajstić information content (AvgIpc) is 3.02. The SMILES string of the molecule is Cc1cc(C(C)Nc2nc3sccn3c2[N+](=O)[O-])c(C)o1. The lowest BCUT2D eigenvalue weighted by molar-refractivity contribution is -0.389. The lowest BCUT2D eigenvalue weighted by Gasteiger charge is -2.12. The van der Waals surface area contributed by atoms with Gasteiger partial charge >= 0.3 is 5.82 Å². The molecule has 0 amide bonds. The Labute approximate surface area is 124 Å². The van der Waals surface area contributed by atoms with Gasteiger partial charge in [-0.15, -0.1) is 0 Å². The quantitative estimate of drug-likeness (QED) is 0.587. The minimum Gasteiger partial charge on any atom is -0.466 e. The Morgan fingerprint density at radius 2 is 2.29 bits per heavy atom. The van der Waals surface area contributed by atoms with Crippen molar-refractivity contribution in [3.05, 3.63) is 44.8 Å². The van der Waals surface area contributed by atoms with Gasteiger partial charge in [0.2, 0.25) is 5.82 Å². The highest BCUT2D eigenvalue weighted by atomic mass is 32.1. The monoisotopic (exact) mass is 306 g/mol. The third-order valence-corrected chi connectivity index (χ3v) is 4.07. The fraction of sp³-hybridized carbons (Fsp3) is 0.308. The predicted octanol–water partition coefficient (Wildman–Crippen LogP) is 3.69. The molecule has 0 fully saturated rings. The highest BCUT2D eigenvalue weighted by molar-refractivity contribution is 7.15.